The van der Waals surface area contributed by atoms with Crippen molar-refractivity contribution in [1.82, 2.24) is 5.32 Å². The van der Waals surface area contributed by atoms with Crippen molar-refractivity contribution in [3.05, 3.63) is 49.1 Å². The van der Waals surface area contributed by atoms with Gasteiger partial charge in [-0.25, -0.2) is 4.79 Å². The number of amides is 1. The van der Waals surface area contributed by atoms with Crippen LogP contribution in [0.2, 0.25) is 16.6 Å². The summed E-state index contributed by atoms with van der Waals surface area (Å²) in [6.45, 7) is 19.9. The van der Waals surface area contributed by atoms with Crippen LogP contribution in [0, 0.1) is 7.14 Å². The van der Waals surface area contributed by atoms with E-state index in [1.807, 2.05) is 45.0 Å². The highest BCUT2D eigenvalue weighted by Gasteiger charge is 2.46. The van der Waals surface area contributed by atoms with Gasteiger partial charge >= 0.3 is 6.09 Å². The van der Waals surface area contributed by atoms with Gasteiger partial charge < -0.3 is 19.2 Å². The fraction of sp³-hybridized carbons (Fsp3) is 0.536. The highest BCUT2D eigenvalue weighted by Crippen LogP contribution is 2.43. The average molecular weight is 738 g/mol. The summed E-state index contributed by atoms with van der Waals surface area (Å²) in [5.74, 6) is 2.54. The molecular formula is C28H41I2NO4Si. The number of hydrogen-bond acceptors (Lipinski definition) is 4. The van der Waals surface area contributed by atoms with Crippen LogP contribution in [-0.4, -0.2) is 26.6 Å². The zero-order valence-corrected chi connectivity index (χ0v) is 28.3. The van der Waals surface area contributed by atoms with E-state index < -0.39 is 20.0 Å². The molecule has 0 bridgehead atoms. The van der Waals surface area contributed by atoms with Gasteiger partial charge in [0.1, 0.15) is 17.1 Å². The zero-order valence-electron chi connectivity index (χ0n) is 23.0. The molecule has 0 aliphatic carbocycles. The first-order chi connectivity index (χ1) is 16.7. The first-order valence-electron chi connectivity index (χ1n) is 12.6. The van der Waals surface area contributed by atoms with Gasteiger partial charge in [-0.05, 0) is 131 Å². The second-order valence-electron chi connectivity index (χ2n) is 11.1. The Labute approximate surface area is 245 Å². The van der Waals surface area contributed by atoms with E-state index in [4.69, 9.17) is 13.9 Å². The minimum Gasteiger partial charge on any atom is -0.543 e. The van der Waals surface area contributed by atoms with Gasteiger partial charge in [0, 0.05) is 6.54 Å². The number of nitrogens with one attached hydrogen (secondary N) is 1. The van der Waals surface area contributed by atoms with Gasteiger partial charge in [-0.2, -0.15) is 0 Å². The standard InChI is InChI=1S/C28H41I2NO4Si/c1-18(2)36(19(3)4,20(5)6)35-23-12-10-22(11-13-23)33-26-24(29)16-21(17-25(26)30)14-15-31-27(32)34-28(7,8)9/h10-13,16-20H,14-15H2,1-9H3,(H,31,32). The quantitative estimate of drug-likeness (QED) is 0.195. The van der Waals surface area contributed by atoms with Crippen molar-refractivity contribution in [3.8, 4) is 17.2 Å². The summed E-state index contributed by atoms with van der Waals surface area (Å²) in [6, 6.07) is 12.2. The molecule has 0 saturated heterocycles. The van der Waals surface area contributed by atoms with E-state index in [0.29, 0.717) is 29.6 Å². The third-order valence-electron chi connectivity index (χ3n) is 6.19. The third-order valence-corrected chi connectivity index (χ3v) is 13.8. The molecule has 200 valence electrons. The summed E-state index contributed by atoms with van der Waals surface area (Å²) in [5.41, 5.74) is 2.20. The summed E-state index contributed by atoms with van der Waals surface area (Å²) in [5, 5.41) is 2.82. The molecule has 0 heterocycles. The van der Waals surface area contributed by atoms with Crippen molar-refractivity contribution in [2.45, 2.75) is 91.0 Å². The number of rotatable bonds is 10. The van der Waals surface area contributed by atoms with Crippen LogP contribution < -0.4 is 14.5 Å². The molecule has 5 nitrogen and oxygen atoms in total. The van der Waals surface area contributed by atoms with E-state index in [-0.39, 0.29) is 0 Å². The largest absolute Gasteiger partial charge is 0.543 e. The first-order valence-corrected chi connectivity index (χ1v) is 16.9. The van der Waals surface area contributed by atoms with Gasteiger partial charge in [-0.15, -0.1) is 0 Å². The van der Waals surface area contributed by atoms with Gasteiger partial charge in [-0.1, -0.05) is 41.5 Å². The van der Waals surface area contributed by atoms with E-state index in [9.17, 15) is 4.79 Å². The van der Waals surface area contributed by atoms with E-state index in [0.717, 1.165) is 30.0 Å². The topological polar surface area (TPSA) is 56.8 Å². The number of hydrogen-bond donors (Lipinski definition) is 1. The number of alkyl carbamates (subject to hydrolysis) is 1. The van der Waals surface area contributed by atoms with Crippen LogP contribution in [0.15, 0.2) is 36.4 Å². The molecule has 1 N–H and O–H groups in total. The molecule has 2 aromatic carbocycles. The maximum absolute atomic E-state index is 11.9. The first kappa shape index (κ1) is 31.2. The Hall–Kier alpha value is -1.01. The van der Waals surface area contributed by atoms with Crippen molar-refractivity contribution in [3.63, 3.8) is 0 Å². The molecule has 0 spiro atoms. The molecule has 1 amide bonds. The van der Waals surface area contributed by atoms with Crippen LogP contribution in [0.1, 0.15) is 67.9 Å². The van der Waals surface area contributed by atoms with Gasteiger partial charge in [0.05, 0.1) is 7.14 Å². The monoisotopic (exact) mass is 737 g/mol. The Kier molecular flexibility index (Phi) is 11.4. The van der Waals surface area contributed by atoms with Crippen LogP contribution in [-0.2, 0) is 11.2 Å². The number of ether oxygens (including phenoxy) is 2. The van der Waals surface area contributed by atoms with Crippen LogP contribution in [0.4, 0.5) is 4.79 Å². The lowest BCUT2D eigenvalue weighted by atomic mass is 10.1. The van der Waals surface area contributed by atoms with Crippen LogP contribution in [0.25, 0.3) is 0 Å². The normalized spacial score (nSPS) is 12.3. The van der Waals surface area contributed by atoms with Crippen molar-refractivity contribution in [2.75, 3.05) is 6.54 Å². The van der Waals surface area contributed by atoms with Crippen LogP contribution in [0.5, 0.6) is 17.2 Å². The Morgan fingerprint density at radius 1 is 0.889 bits per heavy atom. The Bertz CT molecular complexity index is 972. The summed E-state index contributed by atoms with van der Waals surface area (Å²) < 4.78 is 20.4. The molecule has 0 fully saturated rings. The van der Waals surface area contributed by atoms with Gasteiger partial charge in [-0.3, -0.25) is 0 Å². The highest BCUT2D eigenvalue weighted by molar-refractivity contribution is 14.1. The predicted molar refractivity (Wildman–Crippen MR) is 168 cm³/mol. The Morgan fingerprint density at radius 3 is 1.81 bits per heavy atom. The molecule has 0 aliphatic heterocycles. The maximum atomic E-state index is 11.9. The lowest BCUT2D eigenvalue weighted by Gasteiger charge is -2.42. The lowest BCUT2D eigenvalue weighted by Crippen LogP contribution is -2.50. The number of halogens is 2. The molecule has 0 unspecified atom stereocenters. The lowest BCUT2D eigenvalue weighted by molar-refractivity contribution is 0.0528. The molecule has 0 aliphatic rings. The van der Waals surface area contributed by atoms with E-state index in [2.05, 4.69) is 104 Å². The summed E-state index contributed by atoms with van der Waals surface area (Å²) >= 11 is 4.61. The molecule has 2 aromatic rings. The van der Waals surface area contributed by atoms with E-state index >= 15 is 0 Å². The van der Waals surface area contributed by atoms with Crippen molar-refractivity contribution >= 4 is 59.6 Å². The molecule has 8 heteroatoms. The number of carbonyl (C=O) groups excluding carboxylic acids is 1. The summed E-state index contributed by atoms with van der Waals surface area (Å²) in [6.07, 6.45) is 0.319. The van der Waals surface area contributed by atoms with Gasteiger partial charge in [0.15, 0.2) is 5.75 Å². The minimum atomic E-state index is -1.99. The predicted octanol–water partition coefficient (Wildman–Crippen LogP) is 9.31. The molecule has 0 atom stereocenters. The zero-order chi connectivity index (χ0) is 27.3. The molecule has 0 radical (unpaired) electrons. The molecule has 36 heavy (non-hydrogen) atoms. The second kappa shape index (κ2) is 13.2. The summed E-state index contributed by atoms with van der Waals surface area (Å²) in [4.78, 5) is 11.9. The number of carbonyl (C=O) groups is 1. The van der Waals surface area contributed by atoms with Crippen molar-refractivity contribution in [1.29, 1.82) is 0 Å². The number of benzene rings is 2. The van der Waals surface area contributed by atoms with E-state index in [1.54, 1.807) is 0 Å². The Morgan fingerprint density at radius 2 is 1.36 bits per heavy atom. The van der Waals surface area contributed by atoms with E-state index in [1.165, 1.54) is 0 Å². The highest BCUT2D eigenvalue weighted by atomic mass is 127. The maximum Gasteiger partial charge on any atom is 0.407 e. The SMILES string of the molecule is CC(C)[Si](Oc1ccc(Oc2c(I)cc(CCNC(=O)OC(C)(C)C)cc2I)cc1)(C(C)C)C(C)C. The molecular weight excluding hydrogens is 696 g/mol. The Balaban J connectivity index is 2.08. The average Bonchev–Trinajstić information content (AvgIpc) is 2.73. The third kappa shape index (κ3) is 8.51. The molecule has 0 aromatic heterocycles. The van der Waals surface area contributed by atoms with Crippen molar-refractivity contribution in [2.24, 2.45) is 0 Å². The van der Waals surface area contributed by atoms with Crippen LogP contribution >= 0.6 is 45.2 Å². The smallest absolute Gasteiger partial charge is 0.407 e. The fourth-order valence-electron chi connectivity index (χ4n) is 4.73. The molecule has 0 saturated carbocycles. The molecule has 2 rings (SSSR count). The minimum absolute atomic E-state index is 0.394. The van der Waals surface area contributed by atoms with Gasteiger partial charge in [0.25, 0.3) is 8.32 Å². The fourth-order valence-corrected chi connectivity index (χ4v) is 12.1. The van der Waals surface area contributed by atoms with Crippen molar-refractivity contribution < 1.29 is 18.7 Å². The second-order valence-corrected chi connectivity index (χ2v) is 18.8. The van der Waals surface area contributed by atoms with Gasteiger partial charge in [0.2, 0.25) is 0 Å². The summed E-state index contributed by atoms with van der Waals surface area (Å²) in [7, 11) is -1.99. The van der Waals surface area contributed by atoms with Crippen LogP contribution in [0.3, 0.4) is 0 Å².